The smallest absolute Gasteiger partial charge is 0.274 e. The molecule has 0 aliphatic rings. The van der Waals surface area contributed by atoms with E-state index in [1.54, 1.807) is 25.4 Å². The fraction of sp³-hybridized carbons (Fsp3) is 0.143. The largest absolute Gasteiger partial charge is 0.467 e. The standard InChI is InChI=1S/C14H13BrN6O3/c1-21-7-10(18-14(23)11-9(15)6-17-19-11)12(20-21)13(22)16-5-8-3-2-4-24-8/h2-4,6-7H,5H2,1H3,(H,16,22)(H,17,19)(H,18,23). The number of halogens is 1. The number of carbonyl (C=O) groups is 2. The summed E-state index contributed by atoms with van der Waals surface area (Å²) < 4.78 is 7.12. The fourth-order valence-electron chi connectivity index (χ4n) is 2.03. The highest BCUT2D eigenvalue weighted by atomic mass is 79.9. The van der Waals surface area contributed by atoms with E-state index in [1.165, 1.54) is 17.1 Å². The molecule has 0 unspecified atom stereocenters. The molecule has 9 nitrogen and oxygen atoms in total. The van der Waals surface area contributed by atoms with Crippen LogP contribution in [0.5, 0.6) is 0 Å². The van der Waals surface area contributed by atoms with E-state index in [-0.39, 0.29) is 17.9 Å². The van der Waals surface area contributed by atoms with Gasteiger partial charge in [0.1, 0.15) is 11.5 Å². The van der Waals surface area contributed by atoms with Gasteiger partial charge in [0.15, 0.2) is 5.69 Å². The predicted molar refractivity (Wildman–Crippen MR) is 87.3 cm³/mol. The molecule has 0 saturated heterocycles. The number of hydrogen-bond donors (Lipinski definition) is 3. The molecule has 0 fully saturated rings. The number of aromatic nitrogens is 4. The highest BCUT2D eigenvalue weighted by molar-refractivity contribution is 9.10. The van der Waals surface area contributed by atoms with E-state index in [0.717, 1.165) is 0 Å². The molecule has 0 saturated carbocycles. The number of H-pyrrole nitrogens is 1. The molecule has 3 aromatic heterocycles. The van der Waals surface area contributed by atoms with Crippen LogP contribution in [-0.4, -0.2) is 31.8 Å². The lowest BCUT2D eigenvalue weighted by Gasteiger charge is -2.05. The van der Waals surface area contributed by atoms with Crippen LogP contribution in [0.25, 0.3) is 0 Å². The summed E-state index contributed by atoms with van der Waals surface area (Å²) in [5, 5.41) is 15.8. The number of amides is 2. The SMILES string of the molecule is Cn1cc(NC(=O)c2[nH]ncc2Br)c(C(=O)NCc2ccco2)n1. The Balaban J connectivity index is 1.74. The van der Waals surface area contributed by atoms with Gasteiger partial charge >= 0.3 is 0 Å². The number of nitrogens with zero attached hydrogens (tertiary/aromatic N) is 3. The van der Waals surface area contributed by atoms with E-state index in [2.05, 4.69) is 41.9 Å². The molecule has 0 radical (unpaired) electrons. The maximum atomic E-state index is 12.3. The Labute approximate surface area is 144 Å². The highest BCUT2D eigenvalue weighted by Crippen LogP contribution is 2.18. The molecular weight excluding hydrogens is 380 g/mol. The van der Waals surface area contributed by atoms with Crippen LogP contribution >= 0.6 is 15.9 Å². The molecule has 0 bridgehead atoms. The number of nitrogens with one attached hydrogen (secondary N) is 3. The van der Waals surface area contributed by atoms with Gasteiger partial charge in [-0.1, -0.05) is 0 Å². The normalized spacial score (nSPS) is 10.6. The number of aromatic amines is 1. The molecule has 3 N–H and O–H groups in total. The second-order valence-electron chi connectivity index (χ2n) is 4.87. The lowest BCUT2D eigenvalue weighted by molar-refractivity contribution is 0.0943. The van der Waals surface area contributed by atoms with Crippen molar-refractivity contribution >= 4 is 33.4 Å². The number of furan rings is 1. The van der Waals surface area contributed by atoms with Crippen LogP contribution in [0.15, 0.2) is 39.7 Å². The summed E-state index contributed by atoms with van der Waals surface area (Å²) in [5.74, 6) is -0.246. The fourth-order valence-corrected chi connectivity index (χ4v) is 2.40. The minimum atomic E-state index is -0.438. The number of hydrogen-bond acceptors (Lipinski definition) is 5. The van der Waals surface area contributed by atoms with Gasteiger partial charge in [-0.05, 0) is 28.1 Å². The lowest BCUT2D eigenvalue weighted by atomic mass is 10.3. The molecule has 2 amide bonds. The molecule has 0 aliphatic heterocycles. The summed E-state index contributed by atoms with van der Waals surface area (Å²) in [6.07, 6.45) is 4.54. The van der Waals surface area contributed by atoms with Gasteiger partial charge < -0.3 is 15.1 Å². The summed E-state index contributed by atoms with van der Waals surface area (Å²) in [5.41, 5.74) is 0.648. The van der Waals surface area contributed by atoms with E-state index < -0.39 is 11.8 Å². The van der Waals surface area contributed by atoms with E-state index in [1.807, 2.05) is 0 Å². The van der Waals surface area contributed by atoms with E-state index in [9.17, 15) is 9.59 Å². The highest BCUT2D eigenvalue weighted by Gasteiger charge is 2.20. The van der Waals surface area contributed by atoms with Crippen LogP contribution in [0.3, 0.4) is 0 Å². The van der Waals surface area contributed by atoms with Crippen molar-refractivity contribution < 1.29 is 14.0 Å². The molecule has 3 heterocycles. The molecule has 3 aromatic rings. The lowest BCUT2D eigenvalue weighted by Crippen LogP contribution is -2.25. The minimum Gasteiger partial charge on any atom is -0.467 e. The quantitative estimate of drug-likeness (QED) is 0.610. The average Bonchev–Trinajstić information content (AvgIpc) is 3.26. The second kappa shape index (κ2) is 6.71. The van der Waals surface area contributed by atoms with Crippen LogP contribution in [0.1, 0.15) is 26.7 Å². The van der Waals surface area contributed by atoms with Crippen molar-refractivity contribution in [2.75, 3.05) is 5.32 Å². The molecule has 124 valence electrons. The van der Waals surface area contributed by atoms with Gasteiger partial charge in [-0.15, -0.1) is 0 Å². The Morgan fingerprint density at radius 3 is 2.92 bits per heavy atom. The molecule has 0 spiro atoms. The Kier molecular flexibility index (Phi) is 4.47. The van der Waals surface area contributed by atoms with Crippen LogP contribution in [0, 0.1) is 0 Å². The first kappa shape index (κ1) is 16.0. The van der Waals surface area contributed by atoms with Crippen LogP contribution in [0.2, 0.25) is 0 Å². The van der Waals surface area contributed by atoms with Crippen molar-refractivity contribution in [3.63, 3.8) is 0 Å². The van der Waals surface area contributed by atoms with Gasteiger partial charge in [-0.25, -0.2) is 0 Å². The van der Waals surface area contributed by atoms with Gasteiger partial charge in [0, 0.05) is 13.2 Å². The molecular formula is C14H13BrN6O3. The number of aryl methyl sites for hydroxylation is 1. The summed E-state index contributed by atoms with van der Waals surface area (Å²) in [6.45, 7) is 0.224. The Hall–Kier alpha value is -2.88. The molecule has 3 rings (SSSR count). The van der Waals surface area contributed by atoms with Gasteiger partial charge in [-0.3, -0.25) is 19.4 Å². The van der Waals surface area contributed by atoms with Gasteiger partial charge in [0.05, 0.1) is 29.2 Å². The first-order chi connectivity index (χ1) is 11.5. The van der Waals surface area contributed by atoms with Crippen molar-refractivity contribution in [1.82, 2.24) is 25.3 Å². The van der Waals surface area contributed by atoms with Crippen molar-refractivity contribution in [2.45, 2.75) is 6.54 Å². The van der Waals surface area contributed by atoms with E-state index in [4.69, 9.17) is 4.42 Å². The second-order valence-corrected chi connectivity index (χ2v) is 5.73. The van der Waals surface area contributed by atoms with Crippen LogP contribution in [-0.2, 0) is 13.6 Å². The Morgan fingerprint density at radius 2 is 2.25 bits per heavy atom. The van der Waals surface area contributed by atoms with Crippen LogP contribution < -0.4 is 10.6 Å². The zero-order chi connectivity index (χ0) is 17.1. The number of carbonyl (C=O) groups excluding carboxylic acids is 2. The first-order valence-electron chi connectivity index (χ1n) is 6.89. The summed E-state index contributed by atoms with van der Waals surface area (Å²) in [7, 11) is 1.66. The minimum absolute atomic E-state index is 0.105. The van der Waals surface area contributed by atoms with Gasteiger partial charge in [-0.2, -0.15) is 10.2 Å². The topological polar surface area (TPSA) is 118 Å². The summed E-state index contributed by atoms with van der Waals surface area (Å²) in [4.78, 5) is 24.5. The van der Waals surface area contributed by atoms with Gasteiger partial charge in [0.25, 0.3) is 11.8 Å². The molecule has 24 heavy (non-hydrogen) atoms. The average molecular weight is 393 g/mol. The van der Waals surface area contributed by atoms with Crippen molar-refractivity contribution in [2.24, 2.45) is 7.05 Å². The van der Waals surface area contributed by atoms with Crippen LogP contribution in [0.4, 0.5) is 5.69 Å². The molecule has 0 aromatic carbocycles. The third-order valence-electron chi connectivity index (χ3n) is 3.12. The maximum Gasteiger partial charge on any atom is 0.274 e. The van der Waals surface area contributed by atoms with E-state index in [0.29, 0.717) is 15.9 Å². The number of anilines is 1. The van der Waals surface area contributed by atoms with Crippen molar-refractivity contribution in [1.29, 1.82) is 0 Å². The molecule has 10 heteroatoms. The maximum absolute atomic E-state index is 12.3. The zero-order valence-electron chi connectivity index (χ0n) is 12.5. The van der Waals surface area contributed by atoms with E-state index >= 15 is 0 Å². The first-order valence-corrected chi connectivity index (χ1v) is 7.68. The zero-order valence-corrected chi connectivity index (χ0v) is 14.1. The van der Waals surface area contributed by atoms with Crippen molar-refractivity contribution in [3.05, 3.63) is 52.4 Å². The Morgan fingerprint density at radius 1 is 1.42 bits per heavy atom. The van der Waals surface area contributed by atoms with Crippen molar-refractivity contribution in [3.8, 4) is 0 Å². The Bertz CT molecular complexity index is 867. The predicted octanol–water partition coefficient (Wildman–Crippen LogP) is 1.68. The third kappa shape index (κ3) is 3.38. The summed E-state index contributed by atoms with van der Waals surface area (Å²) >= 11 is 3.21. The monoisotopic (exact) mass is 392 g/mol. The third-order valence-corrected chi connectivity index (χ3v) is 3.72. The molecule has 0 atom stereocenters. The molecule has 0 aliphatic carbocycles. The van der Waals surface area contributed by atoms with Gasteiger partial charge in [0.2, 0.25) is 0 Å². The number of rotatable bonds is 5. The summed E-state index contributed by atoms with van der Waals surface area (Å²) in [6, 6.07) is 3.48.